The Morgan fingerprint density at radius 1 is 1.13 bits per heavy atom. The van der Waals surface area contributed by atoms with E-state index in [9.17, 15) is 32.8 Å². The number of aliphatic hydroxyl groups is 1. The Labute approximate surface area is 168 Å². The first-order valence-electron chi connectivity index (χ1n) is 8.63. The normalized spacial score (nSPS) is 12.6. The zero-order valence-corrected chi connectivity index (χ0v) is 15.2. The van der Waals surface area contributed by atoms with Gasteiger partial charge in [0, 0.05) is 18.8 Å². The molecule has 156 valence electrons. The first kappa shape index (κ1) is 21.3. The van der Waals surface area contributed by atoms with E-state index < -0.39 is 28.7 Å². The Balaban J connectivity index is 1.80. The fourth-order valence-electron chi connectivity index (χ4n) is 2.83. The van der Waals surface area contributed by atoms with Gasteiger partial charge in [-0.1, -0.05) is 18.2 Å². The van der Waals surface area contributed by atoms with E-state index in [1.54, 1.807) is 0 Å². The van der Waals surface area contributed by atoms with Crippen LogP contribution in [0.4, 0.5) is 23.2 Å². The van der Waals surface area contributed by atoms with E-state index >= 15 is 0 Å². The lowest BCUT2D eigenvalue weighted by Gasteiger charge is -2.15. The third-order valence-electron chi connectivity index (χ3n) is 4.28. The highest BCUT2D eigenvalue weighted by atomic mass is 19.4. The van der Waals surface area contributed by atoms with Crippen molar-refractivity contribution in [3.8, 4) is 11.3 Å². The zero-order valence-electron chi connectivity index (χ0n) is 15.2. The van der Waals surface area contributed by atoms with Crippen molar-refractivity contribution in [2.75, 3.05) is 0 Å². The second-order valence-electron chi connectivity index (χ2n) is 6.37. The van der Waals surface area contributed by atoms with Gasteiger partial charge in [-0.05, 0) is 41.5 Å². The summed E-state index contributed by atoms with van der Waals surface area (Å²) in [6, 6.07) is 10.4. The van der Waals surface area contributed by atoms with Crippen molar-refractivity contribution in [2.24, 2.45) is 0 Å². The van der Waals surface area contributed by atoms with Gasteiger partial charge in [0.15, 0.2) is 0 Å². The first-order chi connectivity index (χ1) is 14.1. The molecule has 2 aromatic carbocycles. The number of benzene rings is 2. The number of rotatable bonds is 6. The van der Waals surface area contributed by atoms with Gasteiger partial charge in [0.05, 0.1) is 21.7 Å². The Bertz CT molecular complexity index is 1070. The highest BCUT2D eigenvalue weighted by Gasteiger charge is 2.30. The van der Waals surface area contributed by atoms with Crippen molar-refractivity contribution in [2.45, 2.75) is 18.9 Å². The molecule has 1 aromatic heterocycles. The van der Waals surface area contributed by atoms with Crippen LogP contribution in [-0.4, -0.2) is 15.0 Å². The molecule has 0 aliphatic carbocycles. The van der Waals surface area contributed by atoms with Crippen LogP contribution < -0.4 is 5.32 Å². The van der Waals surface area contributed by atoms with Crippen LogP contribution in [0.5, 0.6) is 0 Å². The van der Waals surface area contributed by atoms with Crippen molar-refractivity contribution in [1.29, 1.82) is 0 Å². The van der Waals surface area contributed by atoms with Crippen LogP contribution in [0.1, 0.15) is 22.9 Å². The van der Waals surface area contributed by atoms with E-state index in [1.807, 2.05) is 0 Å². The minimum Gasteiger partial charge on any atom is -0.374 e. The van der Waals surface area contributed by atoms with Crippen LogP contribution in [0.25, 0.3) is 11.3 Å². The van der Waals surface area contributed by atoms with E-state index in [0.29, 0.717) is 5.56 Å². The molecule has 0 radical (unpaired) electrons. The highest BCUT2D eigenvalue weighted by Crippen LogP contribution is 2.31. The summed E-state index contributed by atoms with van der Waals surface area (Å²) >= 11 is 0. The number of hydrogen-bond acceptors (Lipinski definition) is 5. The molecule has 0 aliphatic heterocycles. The molecule has 0 bridgehead atoms. The highest BCUT2D eigenvalue weighted by molar-refractivity contribution is 5.71. The lowest BCUT2D eigenvalue weighted by molar-refractivity contribution is -0.384. The van der Waals surface area contributed by atoms with Crippen molar-refractivity contribution < 1.29 is 27.6 Å². The van der Waals surface area contributed by atoms with Crippen LogP contribution in [-0.2, 0) is 12.7 Å². The number of pyridine rings is 1. The molecular formula is C20H15F4N3O3. The standard InChI is InChI=1S/C20H15F4N3O3/c21-15-4-5-18(27(29)30)16(10-15)17-9-13(6-7-25-17)19(28)26-11-12-2-1-3-14(8-12)20(22,23)24/h1-10,19,26,28H,11H2. The summed E-state index contributed by atoms with van der Waals surface area (Å²) in [5, 5.41) is 24.2. The predicted molar refractivity (Wildman–Crippen MR) is 99.5 cm³/mol. The molecule has 0 spiro atoms. The lowest BCUT2D eigenvalue weighted by atomic mass is 10.1. The second kappa shape index (κ2) is 8.56. The van der Waals surface area contributed by atoms with Gasteiger partial charge in [0.25, 0.3) is 5.69 Å². The van der Waals surface area contributed by atoms with Crippen LogP contribution >= 0.6 is 0 Å². The monoisotopic (exact) mass is 421 g/mol. The molecular weight excluding hydrogens is 406 g/mol. The molecule has 0 amide bonds. The van der Waals surface area contributed by atoms with Crippen LogP contribution in [0.15, 0.2) is 60.8 Å². The van der Waals surface area contributed by atoms with Gasteiger partial charge in [0.1, 0.15) is 12.0 Å². The van der Waals surface area contributed by atoms with Gasteiger partial charge >= 0.3 is 6.18 Å². The van der Waals surface area contributed by atoms with E-state index in [2.05, 4.69) is 10.3 Å². The maximum Gasteiger partial charge on any atom is 0.416 e. The molecule has 3 rings (SSSR count). The molecule has 3 aromatic rings. The number of alkyl halides is 3. The number of halogens is 4. The minimum atomic E-state index is -4.48. The summed E-state index contributed by atoms with van der Waals surface area (Å²) in [4.78, 5) is 14.5. The number of nitrogens with zero attached hydrogens (tertiary/aromatic N) is 2. The van der Waals surface area contributed by atoms with E-state index in [1.165, 1.54) is 30.5 Å². The molecule has 2 N–H and O–H groups in total. The van der Waals surface area contributed by atoms with Gasteiger partial charge in [0.2, 0.25) is 0 Å². The summed E-state index contributed by atoms with van der Waals surface area (Å²) in [5.74, 6) is -0.689. The second-order valence-corrected chi connectivity index (χ2v) is 6.37. The third-order valence-corrected chi connectivity index (χ3v) is 4.28. The molecule has 0 saturated heterocycles. The average molecular weight is 421 g/mol. The fraction of sp³-hybridized carbons (Fsp3) is 0.150. The lowest BCUT2D eigenvalue weighted by Crippen LogP contribution is -2.20. The smallest absolute Gasteiger partial charge is 0.374 e. The molecule has 0 saturated carbocycles. The van der Waals surface area contributed by atoms with Crippen LogP contribution in [0.3, 0.4) is 0 Å². The Morgan fingerprint density at radius 2 is 1.90 bits per heavy atom. The summed E-state index contributed by atoms with van der Waals surface area (Å²) in [5.41, 5.74) is -0.594. The van der Waals surface area contributed by atoms with Crippen molar-refractivity contribution >= 4 is 5.69 Å². The first-order valence-corrected chi connectivity index (χ1v) is 8.63. The molecule has 6 nitrogen and oxygen atoms in total. The topological polar surface area (TPSA) is 88.3 Å². The Hall–Kier alpha value is -3.37. The van der Waals surface area contributed by atoms with Crippen molar-refractivity contribution in [3.05, 3.63) is 93.4 Å². The molecule has 1 atom stereocenters. The summed E-state index contributed by atoms with van der Waals surface area (Å²) in [7, 11) is 0. The van der Waals surface area contributed by atoms with E-state index in [4.69, 9.17) is 0 Å². The van der Waals surface area contributed by atoms with Gasteiger partial charge < -0.3 is 5.11 Å². The zero-order chi connectivity index (χ0) is 21.9. The average Bonchev–Trinajstić information content (AvgIpc) is 2.71. The largest absolute Gasteiger partial charge is 0.416 e. The maximum absolute atomic E-state index is 13.6. The number of aliphatic hydroxyl groups excluding tert-OH is 1. The SMILES string of the molecule is O=[N+]([O-])c1ccc(F)cc1-c1cc(C(O)NCc2cccc(C(F)(F)F)c2)ccn1. The van der Waals surface area contributed by atoms with Gasteiger partial charge in [-0.2, -0.15) is 13.2 Å². The van der Waals surface area contributed by atoms with Crippen molar-refractivity contribution in [1.82, 2.24) is 10.3 Å². The van der Waals surface area contributed by atoms with Crippen LogP contribution in [0.2, 0.25) is 0 Å². The number of aromatic nitrogens is 1. The number of nitro benzene ring substituents is 1. The fourth-order valence-corrected chi connectivity index (χ4v) is 2.83. The number of nitrogens with one attached hydrogen (secondary N) is 1. The summed E-state index contributed by atoms with van der Waals surface area (Å²) < 4.78 is 52.0. The minimum absolute atomic E-state index is 0.0630. The summed E-state index contributed by atoms with van der Waals surface area (Å²) in [6.45, 7) is -0.0666. The molecule has 1 unspecified atom stereocenters. The quantitative estimate of drug-likeness (QED) is 0.263. The third kappa shape index (κ3) is 4.97. The Morgan fingerprint density at radius 3 is 2.60 bits per heavy atom. The van der Waals surface area contributed by atoms with Gasteiger partial charge in [-0.3, -0.25) is 20.4 Å². The number of nitro groups is 1. The van der Waals surface area contributed by atoms with E-state index in [0.717, 1.165) is 30.3 Å². The predicted octanol–water partition coefficient (Wildman–Crippen LogP) is 4.60. The Kier molecular flexibility index (Phi) is 6.09. The molecule has 0 aliphatic rings. The molecule has 1 heterocycles. The van der Waals surface area contributed by atoms with Gasteiger partial charge in [-0.15, -0.1) is 0 Å². The van der Waals surface area contributed by atoms with Gasteiger partial charge in [-0.25, -0.2) is 4.39 Å². The van der Waals surface area contributed by atoms with Crippen LogP contribution in [0, 0.1) is 15.9 Å². The van der Waals surface area contributed by atoms with Crippen molar-refractivity contribution in [3.63, 3.8) is 0 Å². The molecule has 10 heteroatoms. The maximum atomic E-state index is 13.6. The molecule has 30 heavy (non-hydrogen) atoms. The van der Waals surface area contributed by atoms with E-state index in [-0.39, 0.29) is 29.1 Å². The number of hydrogen-bond donors (Lipinski definition) is 2. The molecule has 0 fully saturated rings. The summed E-state index contributed by atoms with van der Waals surface area (Å²) in [6.07, 6.45) is -4.49.